The van der Waals surface area contributed by atoms with Gasteiger partial charge < -0.3 is 39.4 Å². The van der Waals surface area contributed by atoms with E-state index in [0.717, 1.165) is 0 Å². The van der Waals surface area contributed by atoms with Gasteiger partial charge in [0.1, 0.15) is 23.7 Å². The van der Waals surface area contributed by atoms with Gasteiger partial charge in [-0.2, -0.15) is 0 Å². The third-order valence-electron chi connectivity index (χ3n) is 7.66. The lowest BCUT2D eigenvalue weighted by molar-refractivity contribution is -0.0963. The van der Waals surface area contributed by atoms with Gasteiger partial charge in [-0.25, -0.2) is 9.59 Å². The molecular formula is C31H38O10. The highest BCUT2D eigenvalue weighted by atomic mass is 16.5. The standard InChI is InChI=1S/C31H38O10/c1-38-24-9-4-20(5-10-24)29(35)40-26-8-3-19(13-22(32)14-26)17-31(37)18-23(33)15-27(16-28(31)34)41-30(36)21-6-11-25(39-2)12-7-21/h3-7,9-12,22-23,26-28,32-34,37H,8,13-18H2,1-2H3/t22-,23-,26-,27-,28-,31+/m1/s1. The largest absolute Gasteiger partial charge is 0.497 e. The quantitative estimate of drug-likeness (QED) is 0.212. The van der Waals surface area contributed by atoms with Crippen LogP contribution in [0.5, 0.6) is 11.5 Å². The van der Waals surface area contributed by atoms with Crippen LogP contribution in [0, 0.1) is 0 Å². The van der Waals surface area contributed by atoms with E-state index in [0.29, 0.717) is 34.6 Å². The molecule has 10 nitrogen and oxygen atoms in total. The number of benzene rings is 2. The van der Waals surface area contributed by atoms with Gasteiger partial charge in [0.25, 0.3) is 0 Å². The summed E-state index contributed by atoms with van der Waals surface area (Å²) in [6.45, 7) is 0. The van der Waals surface area contributed by atoms with Crippen molar-refractivity contribution in [3.05, 3.63) is 71.3 Å². The van der Waals surface area contributed by atoms with Crippen LogP contribution in [0.2, 0.25) is 0 Å². The van der Waals surface area contributed by atoms with Gasteiger partial charge in [-0.05, 0) is 61.4 Å². The first kappa shape index (κ1) is 30.5. The van der Waals surface area contributed by atoms with Crippen molar-refractivity contribution in [1.29, 1.82) is 0 Å². The van der Waals surface area contributed by atoms with Crippen molar-refractivity contribution in [1.82, 2.24) is 0 Å². The highest BCUT2D eigenvalue weighted by molar-refractivity contribution is 5.90. The van der Waals surface area contributed by atoms with E-state index >= 15 is 0 Å². The first-order valence-electron chi connectivity index (χ1n) is 13.7. The molecule has 0 aromatic heterocycles. The minimum Gasteiger partial charge on any atom is -0.497 e. The molecule has 2 aromatic rings. The van der Waals surface area contributed by atoms with Crippen LogP contribution < -0.4 is 9.47 Å². The summed E-state index contributed by atoms with van der Waals surface area (Å²) in [6.07, 6.45) is -2.08. The Bertz CT molecular complexity index is 1210. The highest BCUT2D eigenvalue weighted by Crippen LogP contribution is 2.37. The normalized spacial score (nSPS) is 28.4. The third kappa shape index (κ3) is 8.07. The molecule has 1 fully saturated rings. The fourth-order valence-electron chi connectivity index (χ4n) is 5.48. The molecule has 0 aliphatic heterocycles. The van der Waals surface area contributed by atoms with Gasteiger partial charge in [-0.1, -0.05) is 11.6 Å². The predicted molar refractivity (Wildman–Crippen MR) is 148 cm³/mol. The number of aliphatic hydroxyl groups excluding tert-OH is 3. The molecule has 0 spiro atoms. The Morgan fingerprint density at radius 3 is 1.83 bits per heavy atom. The van der Waals surface area contributed by atoms with Gasteiger partial charge in [0.15, 0.2) is 0 Å². The monoisotopic (exact) mass is 570 g/mol. The van der Waals surface area contributed by atoms with E-state index in [1.165, 1.54) is 14.2 Å². The van der Waals surface area contributed by atoms with Crippen LogP contribution in [0.4, 0.5) is 0 Å². The van der Waals surface area contributed by atoms with Crippen molar-refractivity contribution in [3.63, 3.8) is 0 Å². The maximum absolute atomic E-state index is 12.7. The lowest BCUT2D eigenvalue weighted by Crippen LogP contribution is -2.44. The van der Waals surface area contributed by atoms with Gasteiger partial charge in [0.2, 0.25) is 0 Å². The van der Waals surface area contributed by atoms with E-state index in [4.69, 9.17) is 18.9 Å². The minimum atomic E-state index is -1.70. The SMILES string of the molecule is COc1ccc(C(=O)O[C@@H]2CC=C(C[C@]3(O)C[C@H](O)C[C@@H](OC(=O)c4ccc(OC)cc4)C[C@H]3O)C[C@@H](O)C2)cc1. The molecule has 222 valence electrons. The Labute approximate surface area is 239 Å². The maximum atomic E-state index is 12.7. The summed E-state index contributed by atoms with van der Waals surface area (Å²) in [7, 11) is 3.05. The Morgan fingerprint density at radius 1 is 0.780 bits per heavy atom. The van der Waals surface area contributed by atoms with E-state index in [1.54, 1.807) is 48.5 Å². The van der Waals surface area contributed by atoms with E-state index in [2.05, 4.69) is 0 Å². The number of aliphatic hydroxyl groups is 4. The summed E-state index contributed by atoms with van der Waals surface area (Å²) in [6, 6.07) is 12.9. The average Bonchev–Trinajstić information content (AvgIpc) is 3.18. The first-order chi connectivity index (χ1) is 19.6. The topological polar surface area (TPSA) is 152 Å². The molecule has 4 rings (SSSR count). The van der Waals surface area contributed by atoms with Crippen molar-refractivity contribution in [2.75, 3.05) is 14.2 Å². The van der Waals surface area contributed by atoms with Crippen molar-refractivity contribution in [2.45, 2.75) is 81.1 Å². The van der Waals surface area contributed by atoms with E-state index in [1.807, 2.05) is 6.08 Å². The van der Waals surface area contributed by atoms with Crippen molar-refractivity contribution < 1.29 is 49.0 Å². The molecular weight excluding hydrogens is 532 g/mol. The zero-order chi connectivity index (χ0) is 29.6. The number of rotatable bonds is 8. The molecule has 10 heteroatoms. The molecule has 2 aliphatic carbocycles. The lowest BCUT2D eigenvalue weighted by Gasteiger charge is -2.33. The summed E-state index contributed by atoms with van der Waals surface area (Å²) in [4.78, 5) is 25.3. The molecule has 41 heavy (non-hydrogen) atoms. The van der Waals surface area contributed by atoms with Crippen molar-refractivity contribution in [2.24, 2.45) is 0 Å². The smallest absolute Gasteiger partial charge is 0.338 e. The third-order valence-corrected chi connectivity index (χ3v) is 7.66. The number of carbonyl (C=O) groups is 2. The molecule has 1 saturated carbocycles. The van der Waals surface area contributed by atoms with Crippen LogP contribution in [-0.4, -0.2) is 82.7 Å². The van der Waals surface area contributed by atoms with Gasteiger partial charge in [-0.15, -0.1) is 0 Å². The summed E-state index contributed by atoms with van der Waals surface area (Å²) >= 11 is 0. The van der Waals surface area contributed by atoms with E-state index < -0.39 is 48.1 Å². The summed E-state index contributed by atoms with van der Waals surface area (Å²) in [5, 5.41) is 43.8. The molecule has 0 radical (unpaired) electrons. The Morgan fingerprint density at radius 2 is 1.29 bits per heavy atom. The summed E-state index contributed by atoms with van der Waals surface area (Å²) in [5.74, 6) is 0.0845. The van der Waals surface area contributed by atoms with Gasteiger partial charge >= 0.3 is 11.9 Å². The number of carbonyl (C=O) groups excluding carboxylic acids is 2. The molecule has 4 N–H and O–H groups in total. The fraction of sp³-hybridized carbons (Fsp3) is 0.484. The van der Waals surface area contributed by atoms with Crippen LogP contribution in [0.1, 0.15) is 65.7 Å². The number of ether oxygens (including phenoxy) is 4. The minimum absolute atomic E-state index is 0.000575. The van der Waals surface area contributed by atoms with Crippen molar-refractivity contribution in [3.8, 4) is 11.5 Å². The molecule has 0 amide bonds. The second-order valence-electron chi connectivity index (χ2n) is 10.8. The number of esters is 2. The van der Waals surface area contributed by atoms with Gasteiger partial charge in [0.05, 0.1) is 49.3 Å². The molecule has 0 heterocycles. The summed E-state index contributed by atoms with van der Waals surface area (Å²) in [5.41, 5.74) is -0.357. The van der Waals surface area contributed by atoms with Crippen LogP contribution in [0.25, 0.3) is 0 Å². The van der Waals surface area contributed by atoms with Gasteiger partial charge in [-0.3, -0.25) is 0 Å². The average molecular weight is 571 g/mol. The predicted octanol–water partition coefficient (Wildman–Crippen LogP) is 2.95. The van der Waals surface area contributed by atoms with Crippen LogP contribution in [0.3, 0.4) is 0 Å². The van der Waals surface area contributed by atoms with Crippen molar-refractivity contribution >= 4 is 11.9 Å². The molecule has 0 unspecified atom stereocenters. The van der Waals surface area contributed by atoms with E-state index in [9.17, 15) is 30.0 Å². The highest BCUT2D eigenvalue weighted by Gasteiger charge is 2.44. The van der Waals surface area contributed by atoms with Gasteiger partial charge in [0, 0.05) is 32.1 Å². The number of methoxy groups -OCH3 is 2. The van der Waals surface area contributed by atoms with Crippen LogP contribution in [0.15, 0.2) is 60.2 Å². The van der Waals surface area contributed by atoms with Crippen LogP contribution >= 0.6 is 0 Å². The Hall–Kier alpha value is -3.44. The lowest BCUT2D eigenvalue weighted by atomic mass is 9.83. The number of hydrogen-bond donors (Lipinski definition) is 4. The molecule has 2 aliphatic rings. The second kappa shape index (κ2) is 13.5. The summed E-state index contributed by atoms with van der Waals surface area (Å²) < 4.78 is 21.4. The first-order valence-corrected chi connectivity index (χ1v) is 13.7. The number of hydrogen-bond acceptors (Lipinski definition) is 10. The zero-order valence-electron chi connectivity index (χ0n) is 23.3. The fourth-order valence-corrected chi connectivity index (χ4v) is 5.48. The molecule has 0 saturated heterocycles. The van der Waals surface area contributed by atoms with Crippen LogP contribution in [-0.2, 0) is 9.47 Å². The Kier molecular flexibility index (Phi) is 10.0. The second-order valence-corrected chi connectivity index (χ2v) is 10.8. The van der Waals surface area contributed by atoms with E-state index in [-0.39, 0.29) is 38.5 Å². The molecule has 0 bridgehead atoms. The zero-order valence-corrected chi connectivity index (χ0v) is 23.3. The Balaban J connectivity index is 1.38. The maximum Gasteiger partial charge on any atom is 0.338 e. The molecule has 6 atom stereocenters. The molecule has 2 aromatic carbocycles.